The highest BCUT2D eigenvalue weighted by Crippen LogP contribution is 2.28. The smallest absolute Gasteiger partial charge is 0.270 e. The highest BCUT2D eigenvalue weighted by atomic mass is 28.3. The van der Waals surface area contributed by atoms with E-state index >= 15 is 0 Å². The molecule has 0 aliphatic carbocycles. The third-order valence-electron chi connectivity index (χ3n) is 3.74. The molecule has 0 saturated heterocycles. The maximum Gasteiger partial charge on any atom is 0.270 e. The minimum Gasteiger partial charge on any atom is -0.492 e. The number of fused-ring (bicyclic) bond motifs is 1. The van der Waals surface area contributed by atoms with Crippen molar-refractivity contribution in [2.24, 2.45) is 0 Å². The van der Waals surface area contributed by atoms with Gasteiger partial charge in [-0.1, -0.05) is 26.2 Å². The molecule has 0 saturated carbocycles. The summed E-state index contributed by atoms with van der Waals surface area (Å²) in [6.45, 7) is 14.0. The zero-order chi connectivity index (χ0) is 18.6. The third-order valence-corrected chi connectivity index (χ3v) is 5.44. The highest BCUT2D eigenvalue weighted by molar-refractivity contribution is 6.76. The molecule has 0 spiro atoms. The Hall–Kier alpha value is -2.19. The van der Waals surface area contributed by atoms with Crippen molar-refractivity contribution in [3.8, 4) is 0 Å². The van der Waals surface area contributed by atoms with Gasteiger partial charge in [0.2, 0.25) is 0 Å². The molecule has 1 aromatic carbocycles. The molecule has 0 fully saturated rings. The Morgan fingerprint density at radius 1 is 1.40 bits per heavy atom. The lowest BCUT2D eigenvalue weighted by atomic mass is 10.1. The number of benzene rings is 1. The van der Waals surface area contributed by atoms with Crippen molar-refractivity contribution in [1.82, 2.24) is 9.78 Å². The maximum absolute atomic E-state index is 11.1. The Morgan fingerprint density at radius 2 is 2.12 bits per heavy atom. The van der Waals surface area contributed by atoms with Gasteiger partial charge in [0.1, 0.15) is 18.2 Å². The molecule has 0 aliphatic rings. The SMILES string of the molecule is C=C(OCC)c1nn(COCC[Si](C)(C)C)c2ccc([N+](=O)[O-])cc12. The zero-order valence-electron chi connectivity index (χ0n) is 15.2. The number of hydrogen-bond donors (Lipinski definition) is 0. The number of nitro benzene ring substituents is 1. The second-order valence-electron chi connectivity index (χ2n) is 7.01. The molecule has 2 rings (SSSR count). The minimum absolute atomic E-state index is 0.0113. The van der Waals surface area contributed by atoms with E-state index in [1.165, 1.54) is 12.1 Å². The Bertz CT molecular complexity index is 780. The Balaban J connectivity index is 2.30. The van der Waals surface area contributed by atoms with Crippen molar-refractivity contribution in [1.29, 1.82) is 0 Å². The van der Waals surface area contributed by atoms with Crippen LogP contribution >= 0.6 is 0 Å². The number of aromatic nitrogens is 2. The summed E-state index contributed by atoms with van der Waals surface area (Å²) in [5.74, 6) is 0.397. The maximum atomic E-state index is 11.1. The lowest BCUT2D eigenvalue weighted by Crippen LogP contribution is -2.22. The zero-order valence-corrected chi connectivity index (χ0v) is 16.2. The fourth-order valence-corrected chi connectivity index (χ4v) is 3.11. The van der Waals surface area contributed by atoms with Gasteiger partial charge in [-0.05, 0) is 19.0 Å². The highest BCUT2D eigenvalue weighted by Gasteiger charge is 2.18. The summed E-state index contributed by atoms with van der Waals surface area (Å²) in [4.78, 5) is 10.6. The van der Waals surface area contributed by atoms with Crippen LogP contribution in [0, 0.1) is 10.1 Å². The van der Waals surface area contributed by atoms with Crippen LogP contribution in [-0.4, -0.2) is 36.0 Å². The van der Waals surface area contributed by atoms with Crippen molar-refractivity contribution >= 4 is 30.4 Å². The van der Waals surface area contributed by atoms with Gasteiger partial charge < -0.3 is 9.47 Å². The van der Waals surface area contributed by atoms with Gasteiger partial charge in [0.25, 0.3) is 5.69 Å². The number of non-ortho nitro benzene ring substituents is 1. The lowest BCUT2D eigenvalue weighted by molar-refractivity contribution is -0.384. The third kappa shape index (κ3) is 4.89. The standard InChI is InChI=1S/C17H25N3O4Si/c1-6-24-13(2)17-15-11-14(20(21)22)7-8-16(15)19(18-17)12-23-9-10-25(3,4)5/h7-8,11H,2,6,9-10,12H2,1,3-5H3. The molecule has 136 valence electrons. The summed E-state index contributed by atoms with van der Waals surface area (Å²) in [7, 11) is -1.16. The fraction of sp³-hybridized carbons (Fsp3) is 0.471. The molecule has 2 aromatic rings. The average molecular weight is 363 g/mol. The van der Waals surface area contributed by atoms with Crippen LogP contribution in [-0.2, 0) is 16.2 Å². The summed E-state index contributed by atoms with van der Waals surface area (Å²) in [5.41, 5.74) is 1.28. The van der Waals surface area contributed by atoms with Gasteiger partial charge in [0.15, 0.2) is 0 Å². The first-order valence-electron chi connectivity index (χ1n) is 8.27. The van der Waals surface area contributed by atoms with E-state index in [0.717, 1.165) is 11.6 Å². The van der Waals surface area contributed by atoms with Gasteiger partial charge in [-0.3, -0.25) is 10.1 Å². The van der Waals surface area contributed by atoms with E-state index in [1.807, 2.05) is 6.92 Å². The summed E-state index contributed by atoms with van der Waals surface area (Å²) in [6, 6.07) is 5.72. The first kappa shape index (κ1) is 19.1. The van der Waals surface area contributed by atoms with E-state index in [2.05, 4.69) is 31.3 Å². The second-order valence-corrected chi connectivity index (χ2v) is 12.6. The Kier molecular flexibility index (Phi) is 5.96. The molecule has 1 aromatic heterocycles. The van der Waals surface area contributed by atoms with Crippen molar-refractivity contribution in [2.75, 3.05) is 13.2 Å². The number of nitro groups is 1. The molecular formula is C17H25N3O4Si. The largest absolute Gasteiger partial charge is 0.492 e. The first-order valence-corrected chi connectivity index (χ1v) is 12.0. The van der Waals surface area contributed by atoms with Crippen LogP contribution in [0.15, 0.2) is 24.8 Å². The number of ether oxygens (including phenoxy) is 2. The Labute approximate surface area is 148 Å². The van der Waals surface area contributed by atoms with E-state index in [0.29, 0.717) is 30.1 Å². The molecule has 0 amide bonds. The van der Waals surface area contributed by atoms with Crippen LogP contribution in [0.4, 0.5) is 5.69 Å². The molecule has 7 nitrogen and oxygen atoms in total. The van der Waals surface area contributed by atoms with Crippen molar-refractivity contribution in [3.63, 3.8) is 0 Å². The molecule has 0 unspecified atom stereocenters. The minimum atomic E-state index is -1.16. The predicted octanol–water partition coefficient (Wildman–Crippen LogP) is 4.26. The molecule has 0 N–H and O–H groups in total. The van der Waals surface area contributed by atoms with Gasteiger partial charge in [-0.2, -0.15) is 5.10 Å². The molecular weight excluding hydrogens is 338 g/mol. The van der Waals surface area contributed by atoms with Crippen LogP contribution in [0.5, 0.6) is 0 Å². The number of nitrogens with zero attached hydrogens (tertiary/aromatic N) is 3. The summed E-state index contributed by atoms with van der Waals surface area (Å²) in [6.07, 6.45) is 0. The fourth-order valence-electron chi connectivity index (χ4n) is 2.36. The molecule has 1 heterocycles. The van der Waals surface area contributed by atoms with Gasteiger partial charge in [-0.25, -0.2) is 4.68 Å². The number of hydrogen-bond acceptors (Lipinski definition) is 5. The summed E-state index contributed by atoms with van der Waals surface area (Å²) >= 11 is 0. The van der Waals surface area contributed by atoms with Crippen molar-refractivity contribution < 1.29 is 14.4 Å². The van der Waals surface area contributed by atoms with Crippen LogP contribution in [0.1, 0.15) is 12.6 Å². The summed E-state index contributed by atoms with van der Waals surface area (Å²) < 4.78 is 12.9. The summed E-state index contributed by atoms with van der Waals surface area (Å²) in [5, 5.41) is 16.2. The van der Waals surface area contributed by atoms with Gasteiger partial charge in [0.05, 0.1) is 17.0 Å². The van der Waals surface area contributed by atoms with E-state index in [9.17, 15) is 10.1 Å². The number of rotatable bonds is 9. The second kappa shape index (κ2) is 7.79. The van der Waals surface area contributed by atoms with Gasteiger partial charge >= 0.3 is 0 Å². The molecule has 8 heteroatoms. The molecule has 0 bridgehead atoms. The van der Waals surface area contributed by atoms with Gasteiger partial charge in [0, 0.05) is 32.2 Å². The van der Waals surface area contributed by atoms with Crippen LogP contribution in [0.3, 0.4) is 0 Å². The van der Waals surface area contributed by atoms with E-state index in [-0.39, 0.29) is 12.4 Å². The van der Waals surface area contributed by atoms with E-state index in [1.54, 1.807) is 10.7 Å². The average Bonchev–Trinajstić information content (AvgIpc) is 2.89. The normalized spacial score (nSPS) is 11.7. The predicted molar refractivity (Wildman–Crippen MR) is 101 cm³/mol. The van der Waals surface area contributed by atoms with Gasteiger partial charge in [-0.15, -0.1) is 0 Å². The van der Waals surface area contributed by atoms with E-state index in [4.69, 9.17) is 9.47 Å². The first-order chi connectivity index (χ1) is 11.7. The van der Waals surface area contributed by atoms with Crippen LogP contribution < -0.4 is 0 Å². The Morgan fingerprint density at radius 3 is 2.72 bits per heavy atom. The lowest BCUT2D eigenvalue weighted by Gasteiger charge is -2.15. The topological polar surface area (TPSA) is 79.4 Å². The van der Waals surface area contributed by atoms with Crippen LogP contribution in [0.25, 0.3) is 16.7 Å². The molecule has 0 atom stereocenters. The van der Waals surface area contributed by atoms with Crippen LogP contribution in [0.2, 0.25) is 25.7 Å². The molecule has 0 aliphatic heterocycles. The van der Waals surface area contributed by atoms with E-state index < -0.39 is 13.0 Å². The monoisotopic (exact) mass is 363 g/mol. The molecule has 0 radical (unpaired) electrons. The van der Waals surface area contributed by atoms with Crippen molar-refractivity contribution in [3.05, 3.63) is 40.6 Å². The molecule has 25 heavy (non-hydrogen) atoms. The van der Waals surface area contributed by atoms with Crippen molar-refractivity contribution in [2.45, 2.75) is 39.3 Å². The quantitative estimate of drug-likeness (QED) is 0.219.